The number of anilines is 1. The lowest BCUT2D eigenvalue weighted by Gasteiger charge is -2.30. The number of hydrogen-bond donors (Lipinski definition) is 1. The SMILES string of the molecule is O=Cc1ccc(N2CCCCCC2CO)c([N+](=O)[O-])c1. The number of aldehydes is 1. The van der Waals surface area contributed by atoms with Gasteiger partial charge in [0.1, 0.15) is 12.0 Å². The third-order valence-electron chi connectivity index (χ3n) is 3.73. The Bertz CT molecular complexity index is 504. The van der Waals surface area contributed by atoms with Crippen LogP contribution >= 0.6 is 0 Å². The smallest absolute Gasteiger partial charge is 0.293 e. The van der Waals surface area contributed by atoms with Crippen LogP contribution < -0.4 is 4.90 Å². The van der Waals surface area contributed by atoms with Crippen LogP contribution in [0.15, 0.2) is 18.2 Å². The highest BCUT2D eigenvalue weighted by Gasteiger charge is 2.26. The van der Waals surface area contributed by atoms with Crippen LogP contribution in [0.1, 0.15) is 36.0 Å². The first kappa shape index (κ1) is 14.5. The fourth-order valence-corrected chi connectivity index (χ4v) is 2.69. The number of aliphatic hydroxyl groups excluding tert-OH is 1. The van der Waals surface area contributed by atoms with Crippen LogP contribution in [0, 0.1) is 10.1 Å². The summed E-state index contributed by atoms with van der Waals surface area (Å²) in [6, 6.07) is 4.38. The van der Waals surface area contributed by atoms with E-state index in [0.717, 1.165) is 25.7 Å². The van der Waals surface area contributed by atoms with Gasteiger partial charge in [0.05, 0.1) is 17.6 Å². The molecule has 0 aliphatic carbocycles. The molecule has 1 aromatic rings. The quantitative estimate of drug-likeness (QED) is 0.518. The van der Waals surface area contributed by atoms with E-state index >= 15 is 0 Å². The number of nitrogens with zero attached hydrogens (tertiary/aromatic N) is 2. The molecule has 1 heterocycles. The van der Waals surface area contributed by atoms with Crippen molar-refractivity contribution in [3.05, 3.63) is 33.9 Å². The van der Waals surface area contributed by atoms with Crippen molar-refractivity contribution in [2.24, 2.45) is 0 Å². The standard InChI is InChI=1S/C14H18N2O4/c17-9-11-5-6-13(14(8-11)16(19)20)15-7-3-1-2-4-12(15)10-18/h5-6,8-9,12,18H,1-4,7,10H2. The fourth-order valence-electron chi connectivity index (χ4n) is 2.69. The Morgan fingerprint density at radius 1 is 1.40 bits per heavy atom. The summed E-state index contributed by atoms with van der Waals surface area (Å²) >= 11 is 0. The van der Waals surface area contributed by atoms with E-state index in [9.17, 15) is 20.0 Å². The predicted molar refractivity (Wildman–Crippen MR) is 75.2 cm³/mol. The van der Waals surface area contributed by atoms with Crippen LogP contribution in [0.25, 0.3) is 0 Å². The number of nitro groups is 1. The number of carbonyl (C=O) groups is 1. The van der Waals surface area contributed by atoms with E-state index in [0.29, 0.717) is 18.5 Å². The van der Waals surface area contributed by atoms with Gasteiger partial charge in [-0.3, -0.25) is 14.9 Å². The highest BCUT2D eigenvalue weighted by atomic mass is 16.6. The molecule has 2 rings (SSSR count). The van der Waals surface area contributed by atoms with Gasteiger partial charge >= 0.3 is 0 Å². The molecule has 6 heteroatoms. The van der Waals surface area contributed by atoms with E-state index in [1.807, 2.05) is 4.90 Å². The first-order chi connectivity index (χ1) is 9.67. The molecule has 108 valence electrons. The minimum atomic E-state index is -0.471. The van der Waals surface area contributed by atoms with Gasteiger partial charge in [-0.2, -0.15) is 0 Å². The largest absolute Gasteiger partial charge is 0.394 e. The molecule has 1 aliphatic rings. The van der Waals surface area contributed by atoms with Gasteiger partial charge in [0, 0.05) is 18.2 Å². The Morgan fingerprint density at radius 3 is 2.85 bits per heavy atom. The maximum atomic E-state index is 11.2. The molecule has 6 nitrogen and oxygen atoms in total. The summed E-state index contributed by atoms with van der Waals surface area (Å²) in [4.78, 5) is 23.4. The summed E-state index contributed by atoms with van der Waals surface area (Å²) in [5.41, 5.74) is 0.701. The van der Waals surface area contributed by atoms with Gasteiger partial charge in [0.15, 0.2) is 0 Å². The number of nitro benzene ring substituents is 1. The first-order valence-electron chi connectivity index (χ1n) is 6.78. The Morgan fingerprint density at radius 2 is 2.20 bits per heavy atom. The average molecular weight is 278 g/mol. The average Bonchev–Trinajstić information content (AvgIpc) is 2.71. The number of rotatable bonds is 4. The molecule has 0 bridgehead atoms. The van der Waals surface area contributed by atoms with E-state index in [1.54, 1.807) is 12.1 Å². The van der Waals surface area contributed by atoms with Crippen molar-refractivity contribution in [1.29, 1.82) is 0 Å². The third-order valence-corrected chi connectivity index (χ3v) is 3.73. The van der Waals surface area contributed by atoms with Gasteiger partial charge in [0.25, 0.3) is 5.69 Å². The van der Waals surface area contributed by atoms with Crippen molar-refractivity contribution in [3.8, 4) is 0 Å². The topological polar surface area (TPSA) is 83.7 Å². The molecule has 20 heavy (non-hydrogen) atoms. The highest BCUT2D eigenvalue weighted by Crippen LogP contribution is 2.32. The lowest BCUT2D eigenvalue weighted by atomic mass is 10.1. The van der Waals surface area contributed by atoms with E-state index < -0.39 is 4.92 Å². The first-order valence-corrected chi connectivity index (χ1v) is 6.78. The van der Waals surface area contributed by atoms with Crippen molar-refractivity contribution in [3.63, 3.8) is 0 Å². The van der Waals surface area contributed by atoms with Gasteiger partial charge in [-0.25, -0.2) is 0 Å². The summed E-state index contributed by atoms with van der Waals surface area (Å²) in [5.74, 6) is 0. The maximum absolute atomic E-state index is 11.2. The Balaban J connectivity index is 2.43. The molecule has 1 fully saturated rings. The van der Waals surface area contributed by atoms with Crippen LogP contribution in [0.3, 0.4) is 0 Å². The normalized spacial score (nSPS) is 19.4. The molecular formula is C14H18N2O4. The maximum Gasteiger partial charge on any atom is 0.293 e. The molecular weight excluding hydrogens is 260 g/mol. The van der Waals surface area contributed by atoms with Crippen LogP contribution in [0.2, 0.25) is 0 Å². The lowest BCUT2D eigenvalue weighted by Crippen LogP contribution is -2.37. The molecule has 1 saturated heterocycles. The van der Waals surface area contributed by atoms with Crippen molar-refractivity contribution in [1.82, 2.24) is 0 Å². The summed E-state index contributed by atoms with van der Waals surface area (Å²) < 4.78 is 0. The lowest BCUT2D eigenvalue weighted by molar-refractivity contribution is -0.384. The predicted octanol–water partition coefficient (Wildman–Crippen LogP) is 2.15. The van der Waals surface area contributed by atoms with Crippen LogP contribution in [0.4, 0.5) is 11.4 Å². The van der Waals surface area contributed by atoms with Gasteiger partial charge < -0.3 is 10.0 Å². The van der Waals surface area contributed by atoms with Crippen LogP contribution in [-0.2, 0) is 0 Å². The Labute approximate surface area is 117 Å². The monoisotopic (exact) mass is 278 g/mol. The molecule has 0 spiro atoms. The summed E-state index contributed by atoms with van der Waals surface area (Å²) in [7, 11) is 0. The number of carbonyl (C=O) groups excluding carboxylic acids is 1. The van der Waals surface area contributed by atoms with E-state index in [2.05, 4.69) is 0 Å². The summed E-state index contributed by atoms with van der Waals surface area (Å²) in [6.45, 7) is 0.666. The zero-order valence-electron chi connectivity index (χ0n) is 11.2. The Hall–Kier alpha value is -1.95. The number of hydrogen-bond acceptors (Lipinski definition) is 5. The minimum absolute atomic E-state index is 0.0212. The molecule has 1 atom stereocenters. The Kier molecular flexibility index (Phi) is 4.68. The number of benzene rings is 1. The van der Waals surface area contributed by atoms with Gasteiger partial charge in [-0.05, 0) is 25.0 Å². The summed E-state index contributed by atoms with van der Waals surface area (Å²) in [5, 5.41) is 20.7. The van der Waals surface area contributed by atoms with E-state index in [4.69, 9.17) is 0 Å². The van der Waals surface area contributed by atoms with Gasteiger partial charge in [0.2, 0.25) is 0 Å². The molecule has 0 radical (unpaired) electrons. The van der Waals surface area contributed by atoms with Crippen molar-refractivity contribution in [2.75, 3.05) is 18.1 Å². The molecule has 0 amide bonds. The fraction of sp³-hybridized carbons (Fsp3) is 0.500. The molecule has 0 saturated carbocycles. The highest BCUT2D eigenvalue weighted by molar-refractivity contribution is 5.79. The summed E-state index contributed by atoms with van der Waals surface area (Å²) in [6.07, 6.45) is 4.45. The third kappa shape index (κ3) is 2.96. The second kappa shape index (κ2) is 6.47. The van der Waals surface area contributed by atoms with Crippen molar-refractivity contribution >= 4 is 17.7 Å². The molecule has 1 unspecified atom stereocenters. The molecule has 0 aromatic heterocycles. The van der Waals surface area contributed by atoms with E-state index in [-0.39, 0.29) is 23.9 Å². The minimum Gasteiger partial charge on any atom is -0.394 e. The van der Waals surface area contributed by atoms with Crippen molar-refractivity contribution < 1.29 is 14.8 Å². The zero-order valence-corrected chi connectivity index (χ0v) is 11.2. The van der Waals surface area contributed by atoms with Crippen molar-refractivity contribution in [2.45, 2.75) is 31.7 Å². The molecule has 1 aliphatic heterocycles. The number of aliphatic hydroxyl groups is 1. The van der Waals surface area contributed by atoms with Crippen LogP contribution in [0.5, 0.6) is 0 Å². The van der Waals surface area contributed by atoms with Gasteiger partial charge in [-0.15, -0.1) is 0 Å². The second-order valence-corrected chi connectivity index (χ2v) is 5.00. The van der Waals surface area contributed by atoms with E-state index in [1.165, 1.54) is 6.07 Å². The molecule has 1 N–H and O–H groups in total. The van der Waals surface area contributed by atoms with Gasteiger partial charge in [-0.1, -0.05) is 12.8 Å². The second-order valence-electron chi connectivity index (χ2n) is 5.00. The molecule has 1 aromatic carbocycles. The zero-order chi connectivity index (χ0) is 14.5. The van der Waals surface area contributed by atoms with Crippen LogP contribution in [-0.4, -0.2) is 35.5 Å².